The number of nitrogens with zero attached hydrogens (tertiary/aromatic N) is 1. The van der Waals surface area contributed by atoms with E-state index in [0.29, 0.717) is 17.3 Å². The third-order valence-electron chi connectivity index (χ3n) is 5.64. The van der Waals surface area contributed by atoms with Gasteiger partial charge in [0.25, 0.3) is 0 Å². The smallest absolute Gasteiger partial charge is 0.221 e. The van der Waals surface area contributed by atoms with E-state index >= 15 is 0 Å². The Morgan fingerprint density at radius 2 is 1.84 bits per heavy atom. The second-order valence-corrected chi connectivity index (χ2v) is 8.24. The van der Waals surface area contributed by atoms with Crippen molar-refractivity contribution in [3.8, 4) is 6.07 Å². The minimum absolute atomic E-state index is 0.0794. The first-order valence-electron chi connectivity index (χ1n) is 7.50. The van der Waals surface area contributed by atoms with Gasteiger partial charge >= 0.3 is 0 Å². The Labute approximate surface area is 115 Å². The maximum absolute atomic E-state index is 12.0. The molecule has 4 bridgehead atoms. The van der Waals surface area contributed by atoms with Gasteiger partial charge in [-0.1, -0.05) is 13.8 Å². The van der Waals surface area contributed by atoms with Crippen LogP contribution in [0.5, 0.6) is 0 Å². The Bertz CT molecular complexity index is 432. The topological polar surface area (TPSA) is 52.9 Å². The molecule has 0 aromatic heterocycles. The lowest BCUT2D eigenvalue weighted by Gasteiger charge is -2.65. The highest BCUT2D eigenvalue weighted by atomic mass is 16.1. The fourth-order valence-corrected chi connectivity index (χ4v) is 6.42. The van der Waals surface area contributed by atoms with E-state index in [1.807, 2.05) is 6.07 Å². The molecule has 0 saturated heterocycles. The fourth-order valence-electron chi connectivity index (χ4n) is 6.42. The molecule has 4 fully saturated rings. The number of carbonyl (C=O) groups excluding carboxylic acids is 1. The zero-order valence-electron chi connectivity index (χ0n) is 12.1. The largest absolute Gasteiger partial charge is 0.343 e. The molecule has 19 heavy (non-hydrogen) atoms. The minimum Gasteiger partial charge on any atom is -0.343 e. The van der Waals surface area contributed by atoms with Crippen molar-refractivity contribution in [3.63, 3.8) is 0 Å². The van der Waals surface area contributed by atoms with Crippen molar-refractivity contribution in [2.45, 2.75) is 58.8 Å². The first-order chi connectivity index (χ1) is 8.86. The number of rotatable bonds is 3. The number of nitriles is 1. The van der Waals surface area contributed by atoms with Crippen LogP contribution in [0.15, 0.2) is 0 Å². The molecule has 0 aromatic rings. The van der Waals surface area contributed by atoms with Gasteiger partial charge in [-0.2, -0.15) is 5.26 Å². The summed E-state index contributed by atoms with van der Waals surface area (Å²) in [6.45, 7) is 5.00. The van der Waals surface area contributed by atoms with Crippen LogP contribution in [0.2, 0.25) is 0 Å². The second-order valence-electron chi connectivity index (χ2n) is 8.24. The molecule has 4 aliphatic carbocycles. The van der Waals surface area contributed by atoms with Crippen LogP contribution in [0.4, 0.5) is 0 Å². The molecule has 4 saturated carbocycles. The normalized spacial score (nSPS) is 46.9. The van der Waals surface area contributed by atoms with E-state index < -0.39 is 0 Å². The SMILES string of the molecule is CC12CC3CC(C)(C1)CC(CC(=O)NCC#N)(C3)C2. The number of hydrogen-bond acceptors (Lipinski definition) is 2. The van der Waals surface area contributed by atoms with Gasteiger partial charge in [-0.3, -0.25) is 4.79 Å². The zero-order valence-corrected chi connectivity index (χ0v) is 12.1. The summed E-state index contributed by atoms with van der Waals surface area (Å²) in [6, 6.07) is 1.99. The van der Waals surface area contributed by atoms with Gasteiger partial charge < -0.3 is 5.32 Å². The van der Waals surface area contributed by atoms with Crippen molar-refractivity contribution in [1.82, 2.24) is 5.32 Å². The van der Waals surface area contributed by atoms with Gasteiger partial charge in [0.1, 0.15) is 6.54 Å². The Morgan fingerprint density at radius 1 is 1.21 bits per heavy atom. The van der Waals surface area contributed by atoms with Crippen LogP contribution in [-0.4, -0.2) is 12.5 Å². The van der Waals surface area contributed by atoms with Gasteiger partial charge in [-0.05, 0) is 60.7 Å². The lowest BCUT2D eigenvalue weighted by atomic mass is 9.40. The van der Waals surface area contributed by atoms with Crippen LogP contribution >= 0.6 is 0 Å². The van der Waals surface area contributed by atoms with E-state index in [9.17, 15) is 4.79 Å². The Morgan fingerprint density at radius 3 is 2.37 bits per heavy atom. The highest BCUT2D eigenvalue weighted by Crippen LogP contribution is 2.70. The second kappa shape index (κ2) is 3.98. The Balaban J connectivity index is 1.77. The maximum atomic E-state index is 12.0. The summed E-state index contributed by atoms with van der Waals surface area (Å²) in [6.07, 6.45) is 8.37. The predicted molar refractivity (Wildman–Crippen MR) is 73.1 cm³/mol. The van der Waals surface area contributed by atoms with Gasteiger partial charge in [-0.25, -0.2) is 0 Å². The summed E-state index contributed by atoms with van der Waals surface area (Å²) in [5.74, 6) is 0.908. The molecule has 1 N–H and O–H groups in total. The standard InChI is InChI=1S/C16H24N2O/c1-14-5-12-6-15(2,9-14)11-16(7-12,10-14)8-13(19)18-4-3-17/h12H,4-11H2,1-2H3,(H,18,19). The van der Waals surface area contributed by atoms with Gasteiger partial charge in [0.2, 0.25) is 5.91 Å². The predicted octanol–water partition coefficient (Wildman–Crippen LogP) is 3.01. The highest BCUT2D eigenvalue weighted by molar-refractivity contribution is 5.77. The number of amides is 1. The number of hydrogen-bond donors (Lipinski definition) is 1. The Kier molecular flexibility index (Phi) is 2.71. The monoisotopic (exact) mass is 260 g/mol. The molecule has 104 valence electrons. The molecule has 2 unspecified atom stereocenters. The summed E-state index contributed by atoms with van der Waals surface area (Å²) in [7, 11) is 0. The van der Waals surface area contributed by atoms with E-state index in [0.717, 1.165) is 5.92 Å². The van der Waals surface area contributed by atoms with E-state index in [1.165, 1.54) is 38.5 Å². The third kappa shape index (κ3) is 2.26. The maximum Gasteiger partial charge on any atom is 0.221 e. The van der Waals surface area contributed by atoms with Crippen LogP contribution in [0.3, 0.4) is 0 Å². The fraction of sp³-hybridized carbons (Fsp3) is 0.875. The molecule has 4 rings (SSSR count). The summed E-state index contributed by atoms with van der Waals surface area (Å²) in [4.78, 5) is 12.0. The van der Waals surface area contributed by atoms with Crippen molar-refractivity contribution in [1.29, 1.82) is 5.26 Å². The van der Waals surface area contributed by atoms with Crippen molar-refractivity contribution in [3.05, 3.63) is 0 Å². The number of nitrogens with one attached hydrogen (secondary N) is 1. The lowest BCUT2D eigenvalue weighted by Crippen LogP contribution is -2.56. The van der Waals surface area contributed by atoms with Gasteiger partial charge in [0, 0.05) is 6.42 Å². The summed E-state index contributed by atoms with van der Waals surface area (Å²) in [5.41, 5.74) is 1.15. The molecule has 2 atom stereocenters. The highest BCUT2D eigenvalue weighted by Gasteiger charge is 2.60. The molecule has 4 aliphatic rings. The lowest BCUT2D eigenvalue weighted by molar-refractivity contribution is -0.155. The summed E-state index contributed by atoms with van der Waals surface area (Å²) < 4.78 is 0. The third-order valence-corrected chi connectivity index (χ3v) is 5.64. The van der Waals surface area contributed by atoms with Gasteiger partial charge in [-0.15, -0.1) is 0 Å². The van der Waals surface area contributed by atoms with Crippen molar-refractivity contribution in [2.24, 2.45) is 22.2 Å². The Hall–Kier alpha value is -1.04. The van der Waals surface area contributed by atoms with Gasteiger partial charge in [0.15, 0.2) is 0 Å². The van der Waals surface area contributed by atoms with Crippen LogP contribution in [-0.2, 0) is 4.79 Å². The molecule has 0 aromatic carbocycles. The average molecular weight is 260 g/mol. The quantitative estimate of drug-likeness (QED) is 0.793. The first kappa shape index (κ1) is 13.0. The molecule has 0 radical (unpaired) electrons. The molecule has 0 aliphatic heterocycles. The van der Waals surface area contributed by atoms with Crippen LogP contribution in [0.25, 0.3) is 0 Å². The van der Waals surface area contributed by atoms with E-state index in [4.69, 9.17) is 5.26 Å². The van der Waals surface area contributed by atoms with Crippen molar-refractivity contribution in [2.75, 3.05) is 6.54 Å². The van der Waals surface area contributed by atoms with Crippen LogP contribution in [0, 0.1) is 33.5 Å². The minimum atomic E-state index is 0.0794. The first-order valence-corrected chi connectivity index (χ1v) is 7.50. The van der Waals surface area contributed by atoms with E-state index in [1.54, 1.807) is 0 Å². The van der Waals surface area contributed by atoms with Crippen LogP contribution in [0.1, 0.15) is 58.8 Å². The molecular weight excluding hydrogens is 236 g/mol. The molecule has 0 heterocycles. The van der Waals surface area contributed by atoms with E-state index in [2.05, 4.69) is 19.2 Å². The average Bonchev–Trinajstić information content (AvgIpc) is 2.20. The zero-order chi connectivity index (χ0) is 13.7. The van der Waals surface area contributed by atoms with Crippen molar-refractivity contribution >= 4 is 5.91 Å². The molecule has 0 spiro atoms. The van der Waals surface area contributed by atoms with E-state index in [-0.39, 0.29) is 17.9 Å². The molecular formula is C16H24N2O. The summed E-state index contributed by atoms with van der Waals surface area (Å²) in [5, 5.41) is 11.3. The molecule has 1 amide bonds. The van der Waals surface area contributed by atoms with Gasteiger partial charge in [0.05, 0.1) is 6.07 Å². The van der Waals surface area contributed by atoms with Crippen LogP contribution < -0.4 is 5.32 Å². The molecule has 3 nitrogen and oxygen atoms in total. The molecule has 3 heteroatoms. The number of carbonyl (C=O) groups is 1. The summed E-state index contributed by atoms with van der Waals surface area (Å²) >= 11 is 0. The van der Waals surface area contributed by atoms with Crippen molar-refractivity contribution < 1.29 is 4.79 Å².